The number of fused-ring (bicyclic) bond motifs is 1. The zero-order valence-corrected chi connectivity index (χ0v) is 9.48. The third kappa shape index (κ3) is 1.96. The minimum atomic E-state index is -0.440. The van der Waals surface area contributed by atoms with E-state index in [4.69, 9.17) is 4.74 Å². The Kier molecular flexibility index (Phi) is 2.53. The van der Waals surface area contributed by atoms with Crippen molar-refractivity contribution in [3.8, 4) is 16.9 Å². The summed E-state index contributed by atoms with van der Waals surface area (Å²) in [7, 11) is 0. The predicted octanol–water partition coefficient (Wildman–Crippen LogP) is 3.04. The van der Waals surface area contributed by atoms with Crippen LogP contribution in [0.3, 0.4) is 0 Å². The molecule has 2 heterocycles. The molecule has 0 atom stereocenters. The molecule has 2 aliphatic rings. The highest BCUT2D eigenvalue weighted by Crippen LogP contribution is 2.20. The van der Waals surface area contributed by atoms with Gasteiger partial charge in [0.25, 0.3) is 0 Å². The Hall–Kier alpha value is -2.62. The van der Waals surface area contributed by atoms with E-state index in [1.165, 1.54) is 4.57 Å². The van der Waals surface area contributed by atoms with Crippen LogP contribution in [0.4, 0.5) is 4.79 Å². The normalized spacial score (nSPS) is 10.4. The van der Waals surface area contributed by atoms with Crippen molar-refractivity contribution in [2.75, 3.05) is 0 Å². The number of carbonyl (C=O) groups excluding carboxylic acids is 1. The summed E-state index contributed by atoms with van der Waals surface area (Å²) in [5, 5.41) is 0. The lowest BCUT2D eigenvalue weighted by atomic mass is 10.2. The van der Waals surface area contributed by atoms with Crippen LogP contribution in [0.25, 0.3) is 11.1 Å². The number of hydrogen-bond donors (Lipinski definition) is 0. The number of nitrogens with zero attached hydrogens (tertiary/aromatic N) is 2. The second-order valence-corrected chi connectivity index (χ2v) is 3.85. The monoisotopic (exact) mass is 238 g/mol. The number of benzene rings is 1. The zero-order valence-electron chi connectivity index (χ0n) is 9.48. The van der Waals surface area contributed by atoms with Crippen LogP contribution in [0.2, 0.25) is 0 Å². The van der Waals surface area contributed by atoms with Crippen molar-refractivity contribution in [1.29, 1.82) is 0 Å². The van der Waals surface area contributed by atoms with E-state index in [1.807, 2.05) is 24.3 Å². The molecular weight excluding hydrogens is 228 g/mol. The molecular formula is C14H10N2O2. The number of pyridine rings is 1. The molecule has 0 aromatic heterocycles. The molecule has 4 heteroatoms. The van der Waals surface area contributed by atoms with Gasteiger partial charge < -0.3 is 4.74 Å². The molecule has 88 valence electrons. The van der Waals surface area contributed by atoms with Gasteiger partial charge in [0.05, 0.1) is 0 Å². The standard InChI is InChI=1S/C14H10N2O2/c17-14(18-13-4-2-1-3-5-13)16-7-6-11-8-15-9-12(11)10-16/h1-10H. The van der Waals surface area contributed by atoms with E-state index in [1.54, 1.807) is 36.9 Å². The van der Waals surface area contributed by atoms with Gasteiger partial charge in [-0.15, -0.1) is 0 Å². The first-order valence-corrected chi connectivity index (χ1v) is 5.52. The third-order valence-electron chi connectivity index (χ3n) is 2.61. The van der Waals surface area contributed by atoms with Crippen LogP contribution < -0.4 is 4.74 Å². The minimum absolute atomic E-state index is 0.440. The second-order valence-electron chi connectivity index (χ2n) is 3.85. The van der Waals surface area contributed by atoms with Gasteiger partial charge in [-0.25, -0.2) is 4.79 Å². The van der Waals surface area contributed by atoms with Crippen molar-refractivity contribution >= 4 is 6.09 Å². The predicted molar refractivity (Wildman–Crippen MR) is 66.7 cm³/mol. The summed E-state index contributed by atoms with van der Waals surface area (Å²) in [6.07, 6.45) is 6.39. The first-order valence-electron chi connectivity index (χ1n) is 5.52. The van der Waals surface area contributed by atoms with Crippen LogP contribution in [0, 0.1) is 0 Å². The molecule has 0 fully saturated rings. The van der Waals surface area contributed by atoms with Crippen LogP contribution >= 0.6 is 0 Å². The highest BCUT2D eigenvalue weighted by Gasteiger charge is 2.09. The molecule has 0 radical (unpaired) electrons. The number of aromatic nitrogens is 2. The summed E-state index contributed by atoms with van der Waals surface area (Å²) < 4.78 is 6.63. The molecule has 0 saturated heterocycles. The van der Waals surface area contributed by atoms with E-state index in [-0.39, 0.29) is 0 Å². The molecule has 4 nitrogen and oxygen atoms in total. The van der Waals surface area contributed by atoms with Crippen molar-refractivity contribution in [2.24, 2.45) is 0 Å². The lowest BCUT2D eigenvalue weighted by molar-refractivity contribution is 0.202. The molecule has 0 N–H and O–H groups in total. The van der Waals surface area contributed by atoms with Crippen molar-refractivity contribution < 1.29 is 9.53 Å². The van der Waals surface area contributed by atoms with Gasteiger partial charge in [0.15, 0.2) is 0 Å². The van der Waals surface area contributed by atoms with Crippen molar-refractivity contribution in [1.82, 2.24) is 9.55 Å². The topological polar surface area (TPSA) is 44.1 Å². The summed E-state index contributed by atoms with van der Waals surface area (Å²) in [5.41, 5.74) is 1.90. The molecule has 1 aromatic carbocycles. The van der Waals surface area contributed by atoms with E-state index >= 15 is 0 Å². The number of ether oxygens (including phenoxy) is 1. The van der Waals surface area contributed by atoms with E-state index in [0.29, 0.717) is 5.75 Å². The van der Waals surface area contributed by atoms with Crippen LogP contribution in [-0.4, -0.2) is 15.6 Å². The summed E-state index contributed by atoms with van der Waals surface area (Å²) in [5.74, 6) is 0.524. The smallest absolute Gasteiger partial charge is 0.410 e. The summed E-state index contributed by atoms with van der Waals surface area (Å²) >= 11 is 0. The lowest BCUT2D eigenvalue weighted by Gasteiger charge is -2.08. The molecule has 18 heavy (non-hydrogen) atoms. The van der Waals surface area contributed by atoms with Gasteiger partial charge in [-0.3, -0.25) is 9.55 Å². The Morgan fingerprint density at radius 3 is 2.67 bits per heavy atom. The highest BCUT2D eigenvalue weighted by molar-refractivity contribution is 5.76. The molecule has 0 aliphatic carbocycles. The summed E-state index contributed by atoms with van der Waals surface area (Å²) in [6, 6.07) is 10.8. The molecule has 1 aromatic rings. The largest absolute Gasteiger partial charge is 0.423 e. The van der Waals surface area contributed by atoms with E-state index < -0.39 is 6.09 Å². The first-order chi connectivity index (χ1) is 8.83. The van der Waals surface area contributed by atoms with E-state index in [0.717, 1.165) is 11.1 Å². The average molecular weight is 238 g/mol. The maximum atomic E-state index is 11.9. The fraction of sp³-hybridized carbons (Fsp3) is 0. The Bertz CT molecular complexity index is 646. The van der Waals surface area contributed by atoms with Gasteiger partial charge in [0.1, 0.15) is 5.75 Å². The van der Waals surface area contributed by atoms with Gasteiger partial charge in [0.2, 0.25) is 0 Å². The molecule has 2 aliphatic heterocycles. The van der Waals surface area contributed by atoms with Crippen LogP contribution in [-0.2, 0) is 0 Å². The van der Waals surface area contributed by atoms with Crippen molar-refractivity contribution in [3.05, 3.63) is 61.2 Å². The Labute approximate surface area is 104 Å². The van der Waals surface area contributed by atoms with Crippen LogP contribution in [0.1, 0.15) is 0 Å². The molecule has 0 amide bonds. The van der Waals surface area contributed by atoms with Gasteiger partial charge in [-0.1, -0.05) is 18.2 Å². The van der Waals surface area contributed by atoms with Gasteiger partial charge in [-0.05, 0) is 18.2 Å². The Balaban J connectivity index is 1.86. The number of carbonyl (C=O) groups is 1. The SMILES string of the molecule is O=C(Oc1ccccc1)n1ccc2cncc-2c1. The maximum Gasteiger partial charge on any atom is 0.423 e. The lowest BCUT2D eigenvalue weighted by Crippen LogP contribution is -2.16. The average Bonchev–Trinajstić information content (AvgIpc) is 2.87. The third-order valence-corrected chi connectivity index (χ3v) is 2.61. The van der Waals surface area contributed by atoms with Crippen molar-refractivity contribution in [3.63, 3.8) is 0 Å². The van der Waals surface area contributed by atoms with Gasteiger partial charge >= 0.3 is 6.09 Å². The number of para-hydroxylation sites is 1. The summed E-state index contributed by atoms with van der Waals surface area (Å²) in [4.78, 5) is 15.9. The van der Waals surface area contributed by atoms with E-state index in [2.05, 4.69) is 4.98 Å². The van der Waals surface area contributed by atoms with Crippen LogP contribution in [0.15, 0.2) is 61.2 Å². The first kappa shape index (κ1) is 10.5. The molecule has 0 spiro atoms. The van der Waals surface area contributed by atoms with E-state index in [9.17, 15) is 4.79 Å². The fourth-order valence-electron chi connectivity index (χ4n) is 1.70. The highest BCUT2D eigenvalue weighted by atomic mass is 16.6. The zero-order chi connectivity index (χ0) is 12.4. The van der Waals surface area contributed by atoms with Crippen LogP contribution in [0.5, 0.6) is 5.75 Å². The maximum absolute atomic E-state index is 11.9. The van der Waals surface area contributed by atoms with Gasteiger partial charge in [0, 0.05) is 35.9 Å². The molecule has 0 unspecified atom stereocenters. The number of hydrogen-bond acceptors (Lipinski definition) is 3. The molecule has 0 bridgehead atoms. The Morgan fingerprint density at radius 1 is 1.06 bits per heavy atom. The Morgan fingerprint density at radius 2 is 1.83 bits per heavy atom. The minimum Gasteiger partial charge on any atom is -0.410 e. The quantitative estimate of drug-likeness (QED) is 0.654. The summed E-state index contributed by atoms with van der Waals surface area (Å²) in [6.45, 7) is 0. The molecule has 0 saturated carbocycles. The fourth-order valence-corrected chi connectivity index (χ4v) is 1.70. The number of rotatable bonds is 1. The van der Waals surface area contributed by atoms with Gasteiger partial charge in [-0.2, -0.15) is 0 Å². The molecule has 3 rings (SSSR count). The van der Waals surface area contributed by atoms with Crippen molar-refractivity contribution in [2.45, 2.75) is 0 Å². The second kappa shape index (κ2) is 4.33.